The van der Waals surface area contributed by atoms with Crippen LogP contribution < -0.4 is 10.1 Å². The normalized spacial score (nSPS) is 12.2. The largest absolute Gasteiger partial charge is 0.497 e. The van der Waals surface area contributed by atoms with Crippen LogP contribution in [0.15, 0.2) is 63.6 Å². The predicted octanol–water partition coefficient (Wildman–Crippen LogP) is 3.53. The monoisotopic (exact) mass is 506 g/mol. The van der Waals surface area contributed by atoms with Crippen molar-refractivity contribution in [1.29, 1.82) is 0 Å². The number of carbonyl (C=O) groups is 2. The van der Waals surface area contributed by atoms with Crippen LogP contribution in [0.2, 0.25) is 0 Å². The van der Waals surface area contributed by atoms with Gasteiger partial charge in [-0.05, 0) is 74.9 Å². The number of nitrogens with zero attached hydrogens (tertiary/aromatic N) is 5. The van der Waals surface area contributed by atoms with Crippen LogP contribution in [-0.2, 0) is 22.7 Å². The Labute approximate surface area is 214 Å². The summed E-state index contributed by atoms with van der Waals surface area (Å²) in [5, 5.41) is 15.3. The molecule has 11 nitrogen and oxygen atoms in total. The van der Waals surface area contributed by atoms with Crippen molar-refractivity contribution < 1.29 is 23.2 Å². The van der Waals surface area contributed by atoms with Gasteiger partial charge in [0.1, 0.15) is 23.8 Å². The molecule has 2 amide bonds. The minimum absolute atomic E-state index is 0.130. The highest BCUT2D eigenvalue weighted by Crippen LogP contribution is 2.26. The van der Waals surface area contributed by atoms with Gasteiger partial charge in [-0.15, -0.1) is 10.2 Å². The number of nitrogens with one attached hydrogen (secondary N) is 1. The third kappa shape index (κ3) is 6.43. The molecule has 0 aliphatic carbocycles. The Kier molecular flexibility index (Phi) is 7.42. The van der Waals surface area contributed by atoms with Crippen LogP contribution in [0.4, 0.5) is 0 Å². The van der Waals surface area contributed by atoms with Gasteiger partial charge in [0.25, 0.3) is 5.91 Å². The molecule has 1 unspecified atom stereocenters. The highest BCUT2D eigenvalue weighted by atomic mass is 16.5. The summed E-state index contributed by atoms with van der Waals surface area (Å²) in [4.78, 5) is 29.8. The molecule has 0 spiro atoms. The maximum absolute atomic E-state index is 13.7. The van der Waals surface area contributed by atoms with E-state index in [-0.39, 0.29) is 24.8 Å². The Bertz CT molecular complexity index is 1330. The first-order valence-corrected chi connectivity index (χ1v) is 11.8. The van der Waals surface area contributed by atoms with E-state index in [2.05, 4.69) is 20.7 Å². The van der Waals surface area contributed by atoms with Gasteiger partial charge >= 0.3 is 0 Å². The zero-order valence-corrected chi connectivity index (χ0v) is 21.5. The number of rotatable bonds is 9. The summed E-state index contributed by atoms with van der Waals surface area (Å²) in [7, 11) is 1.58. The Morgan fingerprint density at radius 1 is 1.14 bits per heavy atom. The van der Waals surface area contributed by atoms with Gasteiger partial charge in [0.05, 0.1) is 13.4 Å². The van der Waals surface area contributed by atoms with E-state index in [1.807, 2.05) is 39.8 Å². The number of aryl methyl sites for hydroxylation is 1. The summed E-state index contributed by atoms with van der Waals surface area (Å²) in [6.07, 6.45) is 1.47. The van der Waals surface area contributed by atoms with Crippen LogP contribution in [0.5, 0.6) is 5.75 Å². The molecule has 0 fully saturated rings. The number of hydrogen-bond donors (Lipinski definition) is 1. The van der Waals surface area contributed by atoms with Crippen LogP contribution in [0, 0.1) is 6.92 Å². The minimum Gasteiger partial charge on any atom is -0.497 e. The number of hydrogen-bond acceptors (Lipinski definition) is 8. The fourth-order valence-electron chi connectivity index (χ4n) is 3.74. The third-order valence-corrected chi connectivity index (χ3v) is 5.39. The van der Waals surface area contributed by atoms with Crippen molar-refractivity contribution >= 4 is 11.8 Å². The average molecular weight is 507 g/mol. The van der Waals surface area contributed by atoms with Crippen molar-refractivity contribution in [3.63, 3.8) is 0 Å². The Morgan fingerprint density at radius 2 is 1.89 bits per heavy atom. The van der Waals surface area contributed by atoms with Gasteiger partial charge in [-0.2, -0.15) is 4.80 Å². The average Bonchev–Trinajstić information content (AvgIpc) is 3.60. The number of aromatic nitrogens is 4. The first-order chi connectivity index (χ1) is 17.6. The van der Waals surface area contributed by atoms with Crippen molar-refractivity contribution in [3.8, 4) is 17.3 Å². The fourth-order valence-corrected chi connectivity index (χ4v) is 3.74. The standard InChI is InChI=1S/C26H30N6O5/c1-17-8-13-21(37-17)24-28-30-32(29-24)16-22(33)31(15-18-9-11-19(35-5)12-10-18)23(20-7-6-14-36-20)25(34)27-26(2,3)4/h6-14,23H,15-16H2,1-5H3,(H,27,34). The number of ether oxygens (including phenoxy) is 1. The van der Waals surface area contributed by atoms with Crippen molar-refractivity contribution in [3.05, 3.63) is 71.9 Å². The molecule has 194 valence electrons. The number of carbonyl (C=O) groups excluding carboxylic acids is 2. The molecule has 0 saturated carbocycles. The molecule has 0 radical (unpaired) electrons. The van der Waals surface area contributed by atoms with E-state index >= 15 is 0 Å². The Morgan fingerprint density at radius 3 is 2.49 bits per heavy atom. The predicted molar refractivity (Wildman–Crippen MR) is 133 cm³/mol. The zero-order valence-electron chi connectivity index (χ0n) is 21.5. The maximum atomic E-state index is 13.7. The van der Waals surface area contributed by atoms with Crippen LogP contribution >= 0.6 is 0 Å². The molecule has 0 bridgehead atoms. The second-order valence-electron chi connectivity index (χ2n) is 9.58. The number of tetrazole rings is 1. The lowest BCUT2D eigenvalue weighted by atomic mass is 10.1. The molecule has 0 aliphatic rings. The summed E-state index contributed by atoms with van der Waals surface area (Å²) < 4.78 is 16.4. The summed E-state index contributed by atoms with van der Waals surface area (Å²) in [6.45, 7) is 7.31. The minimum atomic E-state index is -1.03. The fraction of sp³-hybridized carbons (Fsp3) is 0.346. The van der Waals surface area contributed by atoms with E-state index in [0.29, 0.717) is 23.0 Å². The topological polar surface area (TPSA) is 129 Å². The summed E-state index contributed by atoms with van der Waals surface area (Å²) in [6, 6.07) is 13.1. The molecular formula is C26H30N6O5. The molecule has 11 heteroatoms. The molecule has 1 N–H and O–H groups in total. The molecule has 37 heavy (non-hydrogen) atoms. The van der Waals surface area contributed by atoms with Gasteiger partial charge in [0.2, 0.25) is 11.7 Å². The molecule has 1 aromatic carbocycles. The zero-order chi connectivity index (χ0) is 26.6. The molecule has 0 saturated heterocycles. The van der Waals surface area contributed by atoms with Crippen LogP contribution in [0.1, 0.15) is 43.9 Å². The third-order valence-electron chi connectivity index (χ3n) is 5.39. The van der Waals surface area contributed by atoms with Crippen molar-refractivity contribution in [1.82, 2.24) is 30.4 Å². The Balaban J connectivity index is 1.66. The van der Waals surface area contributed by atoms with E-state index < -0.39 is 17.5 Å². The van der Waals surface area contributed by atoms with E-state index in [4.69, 9.17) is 13.6 Å². The summed E-state index contributed by atoms with van der Waals surface area (Å²) >= 11 is 0. The van der Waals surface area contributed by atoms with E-state index in [9.17, 15) is 9.59 Å². The number of methoxy groups -OCH3 is 1. The highest BCUT2D eigenvalue weighted by Gasteiger charge is 2.35. The quantitative estimate of drug-likeness (QED) is 0.365. The number of furan rings is 2. The lowest BCUT2D eigenvalue weighted by Gasteiger charge is -2.32. The van der Waals surface area contributed by atoms with E-state index in [1.165, 1.54) is 16.0 Å². The van der Waals surface area contributed by atoms with Crippen molar-refractivity contribution in [2.45, 2.75) is 52.4 Å². The maximum Gasteiger partial charge on any atom is 0.251 e. The smallest absolute Gasteiger partial charge is 0.251 e. The van der Waals surface area contributed by atoms with Gasteiger partial charge in [-0.1, -0.05) is 12.1 Å². The van der Waals surface area contributed by atoms with E-state index in [0.717, 1.165) is 5.56 Å². The van der Waals surface area contributed by atoms with E-state index in [1.54, 1.807) is 43.5 Å². The lowest BCUT2D eigenvalue weighted by Crippen LogP contribution is -2.49. The lowest BCUT2D eigenvalue weighted by molar-refractivity contribution is -0.143. The number of benzene rings is 1. The van der Waals surface area contributed by atoms with Crippen LogP contribution in [0.25, 0.3) is 11.6 Å². The van der Waals surface area contributed by atoms with Gasteiger partial charge < -0.3 is 23.8 Å². The molecule has 3 aromatic heterocycles. The first kappa shape index (κ1) is 25.7. The first-order valence-electron chi connectivity index (χ1n) is 11.8. The molecule has 0 aliphatic heterocycles. The van der Waals surface area contributed by atoms with Crippen LogP contribution in [0.3, 0.4) is 0 Å². The summed E-state index contributed by atoms with van der Waals surface area (Å²) in [5.41, 5.74) is 0.271. The molecular weight excluding hydrogens is 476 g/mol. The molecule has 1 atom stereocenters. The molecule has 3 heterocycles. The second-order valence-corrected chi connectivity index (χ2v) is 9.58. The number of amides is 2. The second kappa shape index (κ2) is 10.7. The molecule has 4 rings (SSSR count). The highest BCUT2D eigenvalue weighted by molar-refractivity contribution is 5.88. The van der Waals surface area contributed by atoms with Gasteiger partial charge in [0.15, 0.2) is 11.8 Å². The van der Waals surface area contributed by atoms with Gasteiger partial charge in [-0.3, -0.25) is 9.59 Å². The van der Waals surface area contributed by atoms with Gasteiger partial charge in [0, 0.05) is 12.1 Å². The van der Waals surface area contributed by atoms with Crippen molar-refractivity contribution in [2.24, 2.45) is 0 Å². The van der Waals surface area contributed by atoms with Crippen molar-refractivity contribution in [2.75, 3.05) is 7.11 Å². The molecule has 4 aromatic rings. The Hall–Kier alpha value is -4.41. The van der Waals surface area contributed by atoms with Gasteiger partial charge in [-0.25, -0.2) is 0 Å². The summed E-state index contributed by atoms with van der Waals surface area (Å²) in [5.74, 6) is 1.66. The SMILES string of the molecule is COc1ccc(CN(C(=O)Cn2nnc(-c3ccc(C)o3)n2)C(C(=O)NC(C)(C)C)c2ccco2)cc1. The van der Waals surface area contributed by atoms with Crippen LogP contribution in [-0.4, -0.2) is 49.6 Å².